The number of pyridine rings is 3. The smallest absolute Gasteiger partial charge is 0.263 e. The molecule has 36 heavy (non-hydrogen) atoms. The summed E-state index contributed by atoms with van der Waals surface area (Å²) >= 11 is 0. The highest BCUT2D eigenvalue weighted by atomic mass is 19.1. The lowest BCUT2D eigenvalue weighted by Crippen LogP contribution is -2.47. The van der Waals surface area contributed by atoms with Crippen LogP contribution in [0.3, 0.4) is 0 Å². The van der Waals surface area contributed by atoms with Crippen molar-refractivity contribution < 1.29 is 23.4 Å². The van der Waals surface area contributed by atoms with Crippen molar-refractivity contribution in [2.24, 2.45) is 0 Å². The van der Waals surface area contributed by atoms with E-state index < -0.39 is 0 Å². The van der Waals surface area contributed by atoms with E-state index in [1.165, 1.54) is 6.20 Å². The van der Waals surface area contributed by atoms with Gasteiger partial charge in [0, 0.05) is 43.9 Å². The quantitative estimate of drug-likeness (QED) is 0.507. The first-order valence-electron chi connectivity index (χ1n) is 12.1. The van der Waals surface area contributed by atoms with Crippen LogP contribution in [-0.2, 0) is 22.5 Å². The molecule has 6 rings (SSSR count). The lowest BCUT2D eigenvalue weighted by atomic mass is 10.1. The SMILES string of the molecule is COc1ccc2ncc(F)c(CCN3C[C@H]4C[C@H](NCc5ccc6c(n5)NC(=O)CO6)[C@H](C3)O4)c2n1. The van der Waals surface area contributed by atoms with Gasteiger partial charge in [0.2, 0.25) is 5.88 Å². The number of hydrogen-bond donors (Lipinski definition) is 2. The van der Waals surface area contributed by atoms with Crippen molar-refractivity contribution in [3.63, 3.8) is 0 Å². The van der Waals surface area contributed by atoms with Gasteiger partial charge in [-0.2, -0.15) is 0 Å². The van der Waals surface area contributed by atoms with Crippen LogP contribution < -0.4 is 20.1 Å². The molecule has 0 spiro atoms. The largest absolute Gasteiger partial charge is 0.481 e. The van der Waals surface area contributed by atoms with Gasteiger partial charge in [-0.3, -0.25) is 14.7 Å². The molecule has 0 radical (unpaired) electrons. The van der Waals surface area contributed by atoms with E-state index >= 15 is 0 Å². The van der Waals surface area contributed by atoms with E-state index in [1.54, 1.807) is 19.2 Å². The molecule has 10 nitrogen and oxygen atoms in total. The van der Waals surface area contributed by atoms with Crippen LogP contribution in [-0.4, -0.2) is 77.4 Å². The van der Waals surface area contributed by atoms with E-state index in [4.69, 9.17) is 14.2 Å². The van der Waals surface area contributed by atoms with Crippen molar-refractivity contribution in [1.82, 2.24) is 25.2 Å². The molecule has 0 aliphatic carbocycles. The number of carbonyl (C=O) groups excluding carboxylic acids is 1. The summed E-state index contributed by atoms with van der Waals surface area (Å²) < 4.78 is 31.5. The fraction of sp³-hybridized carbons (Fsp3) is 0.440. The number of carbonyl (C=O) groups is 1. The first-order valence-corrected chi connectivity index (χ1v) is 12.1. The Labute approximate surface area is 207 Å². The number of halogens is 1. The second-order valence-electron chi connectivity index (χ2n) is 9.32. The van der Waals surface area contributed by atoms with E-state index in [9.17, 15) is 9.18 Å². The number of amides is 1. The number of nitrogens with one attached hydrogen (secondary N) is 2. The monoisotopic (exact) mass is 494 g/mol. The number of aromatic nitrogens is 3. The zero-order chi connectivity index (χ0) is 24.6. The second-order valence-corrected chi connectivity index (χ2v) is 9.32. The highest BCUT2D eigenvalue weighted by molar-refractivity contribution is 5.94. The Morgan fingerprint density at radius 3 is 3.06 bits per heavy atom. The van der Waals surface area contributed by atoms with Crippen molar-refractivity contribution in [2.45, 2.75) is 37.6 Å². The zero-order valence-corrected chi connectivity index (χ0v) is 19.9. The first-order chi connectivity index (χ1) is 17.6. The van der Waals surface area contributed by atoms with Crippen LogP contribution in [0.15, 0.2) is 30.5 Å². The predicted octanol–water partition coefficient (Wildman–Crippen LogP) is 1.68. The van der Waals surface area contributed by atoms with Crippen LogP contribution >= 0.6 is 0 Å². The van der Waals surface area contributed by atoms with E-state index in [-0.39, 0.29) is 36.6 Å². The van der Waals surface area contributed by atoms with Gasteiger partial charge < -0.3 is 24.8 Å². The molecule has 6 heterocycles. The van der Waals surface area contributed by atoms with Crippen LogP contribution in [0.1, 0.15) is 17.7 Å². The van der Waals surface area contributed by atoms with Crippen molar-refractivity contribution in [3.8, 4) is 11.6 Å². The van der Waals surface area contributed by atoms with Crippen LogP contribution in [0, 0.1) is 5.82 Å². The number of likely N-dealkylation sites (tertiary alicyclic amines) is 1. The maximum absolute atomic E-state index is 14.7. The zero-order valence-electron chi connectivity index (χ0n) is 19.9. The molecule has 3 atom stereocenters. The molecule has 11 heteroatoms. The van der Waals surface area contributed by atoms with Crippen molar-refractivity contribution in [2.75, 3.05) is 38.7 Å². The Bertz CT molecular complexity index is 1310. The minimum atomic E-state index is -0.349. The molecule has 3 aromatic rings. The van der Waals surface area contributed by atoms with Gasteiger partial charge in [0.15, 0.2) is 18.2 Å². The van der Waals surface area contributed by atoms with Crippen molar-refractivity contribution in [1.29, 1.82) is 0 Å². The molecule has 3 aromatic heterocycles. The topological polar surface area (TPSA) is 111 Å². The molecule has 188 valence electrons. The number of morpholine rings is 1. The fourth-order valence-electron chi connectivity index (χ4n) is 5.17. The molecular formula is C25H27FN6O4. The molecule has 1 amide bonds. The average Bonchev–Trinajstić information content (AvgIpc) is 3.18. The van der Waals surface area contributed by atoms with E-state index in [2.05, 4.69) is 30.5 Å². The van der Waals surface area contributed by atoms with Crippen molar-refractivity contribution >= 4 is 22.8 Å². The number of methoxy groups -OCH3 is 1. The summed E-state index contributed by atoms with van der Waals surface area (Å²) in [5.74, 6) is 0.936. The fourth-order valence-corrected chi connectivity index (χ4v) is 5.17. The summed E-state index contributed by atoms with van der Waals surface area (Å²) in [6, 6.07) is 7.44. The van der Waals surface area contributed by atoms with E-state index in [0.717, 1.165) is 25.2 Å². The standard InChI is InChI=1S/C25H27FN6O4/c1-34-23-5-3-18-24(31-23)16(17(26)10-28-18)6-7-32-11-15-8-19(21(12-32)36-15)27-9-14-2-4-20-25(29-14)30-22(33)13-35-20/h2-5,10,15,19,21,27H,6-9,11-13H2,1H3,(H,29,30,33)/t15-,19+,21+/m1/s1. The third-order valence-electron chi connectivity index (χ3n) is 6.94. The van der Waals surface area contributed by atoms with Crippen LogP contribution in [0.2, 0.25) is 0 Å². The number of fused-ring (bicyclic) bond motifs is 4. The minimum absolute atomic E-state index is 0.0139. The molecule has 2 N–H and O–H groups in total. The summed E-state index contributed by atoms with van der Waals surface area (Å²) in [6.45, 7) is 2.83. The van der Waals surface area contributed by atoms with Crippen LogP contribution in [0.25, 0.3) is 11.0 Å². The Balaban J connectivity index is 1.08. The van der Waals surface area contributed by atoms with Gasteiger partial charge in [0.25, 0.3) is 5.91 Å². The number of hydrogen-bond acceptors (Lipinski definition) is 9. The number of anilines is 1. The molecule has 0 aromatic carbocycles. The Kier molecular flexibility index (Phi) is 6.12. The van der Waals surface area contributed by atoms with E-state index in [0.29, 0.717) is 53.6 Å². The van der Waals surface area contributed by atoms with Crippen LogP contribution in [0.5, 0.6) is 11.6 Å². The van der Waals surface area contributed by atoms with Gasteiger partial charge in [0.05, 0.1) is 42.2 Å². The predicted molar refractivity (Wildman–Crippen MR) is 128 cm³/mol. The third kappa shape index (κ3) is 4.57. The minimum Gasteiger partial charge on any atom is -0.481 e. The molecule has 0 unspecified atom stereocenters. The summed E-state index contributed by atoms with van der Waals surface area (Å²) in [5.41, 5.74) is 2.58. The molecule has 2 bridgehead atoms. The summed E-state index contributed by atoms with van der Waals surface area (Å²) in [5, 5.41) is 6.31. The molecule has 3 aliphatic rings. The normalized spacial score (nSPS) is 23.3. The molecule has 3 aliphatic heterocycles. The lowest BCUT2D eigenvalue weighted by Gasteiger charge is -2.33. The lowest BCUT2D eigenvalue weighted by molar-refractivity contribution is -0.118. The van der Waals surface area contributed by atoms with Gasteiger partial charge >= 0.3 is 0 Å². The molecular weight excluding hydrogens is 467 g/mol. The molecule has 2 fully saturated rings. The number of nitrogens with zero attached hydrogens (tertiary/aromatic N) is 4. The Hall–Kier alpha value is -3.41. The highest BCUT2D eigenvalue weighted by Crippen LogP contribution is 2.29. The molecule has 0 saturated carbocycles. The summed E-state index contributed by atoms with van der Waals surface area (Å²) in [7, 11) is 1.54. The summed E-state index contributed by atoms with van der Waals surface area (Å²) in [6.07, 6.45) is 2.86. The maximum Gasteiger partial charge on any atom is 0.263 e. The molecule has 2 saturated heterocycles. The van der Waals surface area contributed by atoms with Gasteiger partial charge in [-0.15, -0.1) is 0 Å². The highest BCUT2D eigenvalue weighted by Gasteiger charge is 2.40. The second kappa shape index (κ2) is 9.57. The number of ether oxygens (including phenoxy) is 3. The van der Waals surface area contributed by atoms with Gasteiger partial charge in [0.1, 0.15) is 5.82 Å². The van der Waals surface area contributed by atoms with Crippen LogP contribution in [0.4, 0.5) is 10.2 Å². The van der Waals surface area contributed by atoms with E-state index in [1.807, 2.05) is 12.1 Å². The van der Waals surface area contributed by atoms with Gasteiger partial charge in [-0.05, 0) is 31.0 Å². The first kappa shape index (κ1) is 23.0. The number of rotatable bonds is 7. The van der Waals surface area contributed by atoms with Gasteiger partial charge in [-0.1, -0.05) is 0 Å². The summed E-state index contributed by atoms with van der Waals surface area (Å²) in [4.78, 5) is 27.0. The van der Waals surface area contributed by atoms with Gasteiger partial charge in [-0.25, -0.2) is 14.4 Å². The Morgan fingerprint density at radius 2 is 2.17 bits per heavy atom. The average molecular weight is 495 g/mol. The third-order valence-corrected chi connectivity index (χ3v) is 6.94. The Morgan fingerprint density at radius 1 is 1.25 bits per heavy atom. The van der Waals surface area contributed by atoms with Crippen molar-refractivity contribution in [3.05, 3.63) is 47.5 Å². The maximum atomic E-state index is 14.7.